The van der Waals surface area contributed by atoms with E-state index in [0.717, 1.165) is 43.5 Å². The Bertz CT molecular complexity index is 1210. The van der Waals surface area contributed by atoms with Crippen LogP contribution < -0.4 is 5.32 Å². The molecule has 0 saturated heterocycles. The predicted octanol–water partition coefficient (Wildman–Crippen LogP) is 2.95. The number of nitrogens with zero attached hydrogens (tertiary/aromatic N) is 5. The molecule has 1 fully saturated rings. The Kier molecular flexibility index (Phi) is 5.76. The minimum atomic E-state index is -3.58. The van der Waals surface area contributed by atoms with Crippen LogP contribution in [-0.2, 0) is 10.0 Å². The lowest BCUT2D eigenvalue weighted by Gasteiger charge is -2.30. The number of nitrogens with one attached hydrogen (secondary N) is 1. The van der Waals surface area contributed by atoms with Gasteiger partial charge < -0.3 is 5.32 Å². The lowest BCUT2D eigenvalue weighted by Crippen LogP contribution is -2.38. The van der Waals surface area contributed by atoms with E-state index in [1.54, 1.807) is 19.2 Å². The zero-order valence-corrected chi connectivity index (χ0v) is 18.7. The van der Waals surface area contributed by atoms with Crippen molar-refractivity contribution in [2.45, 2.75) is 56.9 Å². The minimum Gasteiger partial charge on any atom is -0.319 e. The number of amides is 1. The van der Waals surface area contributed by atoms with Crippen molar-refractivity contribution in [3.8, 4) is 0 Å². The van der Waals surface area contributed by atoms with E-state index < -0.39 is 15.9 Å². The lowest BCUT2D eigenvalue weighted by molar-refractivity contribution is 0.101. The first-order chi connectivity index (χ1) is 14.8. The number of benzene rings is 1. The lowest BCUT2D eigenvalue weighted by atomic mass is 9.96. The first-order valence-corrected chi connectivity index (χ1v) is 11.8. The largest absolute Gasteiger partial charge is 0.319 e. The molecule has 0 aliphatic heterocycles. The van der Waals surface area contributed by atoms with Gasteiger partial charge in [0.25, 0.3) is 11.7 Å². The van der Waals surface area contributed by atoms with Crippen molar-refractivity contribution in [2.24, 2.45) is 0 Å². The molecule has 9 nitrogen and oxygen atoms in total. The van der Waals surface area contributed by atoms with Gasteiger partial charge in [0.1, 0.15) is 0 Å². The number of rotatable bonds is 5. The van der Waals surface area contributed by atoms with E-state index in [1.165, 1.54) is 21.0 Å². The molecule has 3 aromatic rings. The molecule has 164 valence electrons. The van der Waals surface area contributed by atoms with Crippen LogP contribution in [0.3, 0.4) is 0 Å². The smallest absolute Gasteiger partial charge is 0.295 e. The van der Waals surface area contributed by atoms with E-state index in [4.69, 9.17) is 0 Å². The SMILES string of the molecule is Cc1cc(C)n2nc(C(=O)Nc3ccc(S(=O)(=O)N(C)C4CCCCC4)cc3)nc2n1. The average Bonchev–Trinajstić information content (AvgIpc) is 3.19. The Morgan fingerprint density at radius 2 is 1.77 bits per heavy atom. The molecular formula is C21H26N6O3S. The van der Waals surface area contributed by atoms with Crippen LogP contribution >= 0.6 is 0 Å². The summed E-state index contributed by atoms with van der Waals surface area (Å²) >= 11 is 0. The highest BCUT2D eigenvalue weighted by atomic mass is 32.2. The highest BCUT2D eigenvalue weighted by Gasteiger charge is 2.29. The molecule has 1 aliphatic carbocycles. The summed E-state index contributed by atoms with van der Waals surface area (Å²) in [6, 6.07) is 8.06. The molecule has 0 radical (unpaired) electrons. The second kappa shape index (κ2) is 8.35. The van der Waals surface area contributed by atoms with Crippen LogP contribution in [0.2, 0.25) is 0 Å². The van der Waals surface area contributed by atoms with Crippen LogP contribution in [0.4, 0.5) is 5.69 Å². The van der Waals surface area contributed by atoms with Crippen LogP contribution in [0.1, 0.15) is 54.1 Å². The van der Waals surface area contributed by atoms with Crippen molar-refractivity contribution < 1.29 is 13.2 Å². The van der Waals surface area contributed by atoms with Crippen LogP contribution in [0.15, 0.2) is 35.2 Å². The number of carbonyl (C=O) groups excluding carboxylic acids is 1. The van der Waals surface area contributed by atoms with Crippen LogP contribution in [0.5, 0.6) is 0 Å². The number of hydrogen-bond acceptors (Lipinski definition) is 6. The first-order valence-electron chi connectivity index (χ1n) is 10.4. The fourth-order valence-corrected chi connectivity index (χ4v) is 5.38. The molecule has 31 heavy (non-hydrogen) atoms. The molecule has 0 unspecified atom stereocenters. The zero-order chi connectivity index (χ0) is 22.2. The number of aromatic nitrogens is 4. The summed E-state index contributed by atoms with van der Waals surface area (Å²) < 4.78 is 28.9. The molecular weight excluding hydrogens is 416 g/mol. The van der Waals surface area contributed by atoms with Gasteiger partial charge in [0.05, 0.1) is 4.90 Å². The zero-order valence-electron chi connectivity index (χ0n) is 17.9. The summed E-state index contributed by atoms with van der Waals surface area (Å²) in [5, 5.41) is 6.92. The molecule has 1 saturated carbocycles. The molecule has 0 atom stereocenters. The summed E-state index contributed by atoms with van der Waals surface area (Å²) in [6.45, 7) is 3.71. The molecule has 1 aromatic carbocycles. The molecule has 1 amide bonds. The molecule has 1 aliphatic rings. The van der Waals surface area contributed by atoms with Gasteiger partial charge in [0.15, 0.2) is 0 Å². The van der Waals surface area contributed by atoms with E-state index in [0.29, 0.717) is 11.5 Å². The Balaban J connectivity index is 1.49. The number of hydrogen-bond donors (Lipinski definition) is 1. The summed E-state index contributed by atoms with van der Waals surface area (Å²) in [7, 11) is -1.93. The Hall–Kier alpha value is -2.85. The monoisotopic (exact) mass is 442 g/mol. The number of fused-ring (bicyclic) bond motifs is 1. The molecule has 10 heteroatoms. The van der Waals surface area contributed by atoms with Gasteiger partial charge in [0.2, 0.25) is 15.8 Å². The number of carbonyl (C=O) groups is 1. The van der Waals surface area contributed by atoms with Crippen LogP contribution in [-0.4, -0.2) is 51.3 Å². The van der Waals surface area contributed by atoms with Crippen LogP contribution in [0, 0.1) is 13.8 Å². The topological polar surface area (TPSA) is 110 Å². The summed E-state index contributed by atoms with van der Waals surface area (Å²) in [6.07, 6.45) is 5.06. The van der Waals surface area contributed by atoms with Crippen molar-refractivity contribution in [1.82, 2.24) is 23.9 Å². The molecule has 0 spiro atoms. The van der Waals surface area contributed by atoms with Gasteiger partial charge in [-0.1, -0.05) is 19.3 Å². The fourth-order valence-electron chi connectivity index (χ4n) is 3.97. The van der Waals surface area contributed by atoms with Gasteiger partial charge in [-0.05, 0) is 57.0 Å². The van der Waals surface area contributed by atoms with E-state index in [-0.39, 0.29) is 16.8 Å². The van der Waals surface area contributed by atoms with E-state index in [1.807, 2.05) is 19.9 Å². The third-order valence-corrected chi connectivity index (χ3v) is 7.62. The van der Waals surface area contributed by atoms with Gasteiger partial charge in [-0.25, -0.2) is 17.9 Å². The summed E-state index contributed by atoms with van der Waals surface area (Å²) in [4.78, 5) is 21.2. The highest BCUT2D eigenvalue weighted by molar-refractivity contribution is 7.89. The average molecular weight is 443 g/mol. The maximum absolute atomic E-state index is 13.0. The Morgan fingerprint density at radius 1 is 1.10 bits per heavy atom. The normalized spacial score (nSPS) is 15.5. The first kappa shape index (κ1) is 21.4. The van der Waals surface area contributed by atoms with Gasteiger partial charge in [0, 0.05) is 30.2 Å². The predicted molar refractivity (Wildman–Crippen MR) is 116 cm³/mol. The molecule has 2 heterocycles. The molecule has 2 aromatic heterocycles. The van der Waals surface area contributed by atoms with E-state index in [9.17, 15) is 13.2 Å². The van der Waals surface area contributed by atoms with Gasteiger partial charge in [-0.2, -0.15) is 9.29 Å². The maximum atomic E-state index is 13.0. The maximum Gasteiger partial charge on any atom is 0.295 e. The van der Waals surface area contributed by atoms with Gasteiger partial charge in [-0.15, -0.1) is 5.10 Å². The highest BCUT2D eigenvalue weighted by Crippen LogP contribution is 2.27. The van der Waals surface area contributed by atoms with Crippen molar-refractivity contribution in [2.75, 3.05) is 12.4 Å². The Morgan fingerprint density at radius 3 is 2.45 bits per heavy atom. The number of sulfonamides is 1. The molecule has 1 N–H and O–H groups in total. The van der Waals surface area contributed by atoms with Crippen molar-refractivity contribution in [1.29, 1.82) is 0 Å². The minimum absolute atomic E-state index is 0.00469. The second-order valence-electron chi connectivity index (χ2n) is 7.98. The van der Waals surface area contributed by atoms with Crippen molar-refractivity contribution in [3.05, 3.63) is 47.5 Å². The summed E-state index contributed by atoms with van der Waals surface area (Å²) in [5.41, 5.74) is 2.08. The van der Waals surface area contributed by atoms with E-state index >= 15 is 0 Å². The molecule has 0 bridgehead atoms. The van der Waals surface area contributed by atoms with Gasteiger partial charge in [-0.3, -0.25) is 4.79 Å². The third kappa shape index (κ3) is 4.31. The fraction of sp³-hybridized carbons (Fsp3) is 0.429. The van der Waals surface area contributed by atoms with Gasteiger partial charge >= 0.3 is 0 Å². The standard InChI is InChI=1S/C21H26N6O3S/c1-14-13-15(2)27-21(22-14)24-19(25-27)20(28)23-16-9-11-18(12-10-16)31(29,30)26(3)17-7-5-4-6-8-17/h9-13,17H,4-8H2,1-3H3,(H,23,28). The number of anilines is 1. The quantitative estimate of drug-likeness (QED) is 0.651. The van der Waals surface area contributed by atoms with Crippen LogP contribution in [0.25, 0.3) is 5.78 Å². The summed E-state index contributed by atoms with van der Waals surface area (Å²) in [5.74, 6) is -0.137. The van der Waals surface area contributed by atoms with E-state index in [2.05, 4.69) is 20.4 Å². The Labute approximate surface area is 181 Å². The van der Waals surface area contributed by atoms with Crippen molar-refractivity contribution >= 4 is 27.4 Å². The van der Waals surface area contributed by atoms with Crippen molar-refractivity contribution in [3.63, 3.8) is 0 Å². The molecule has 4 rings (SSSR count). The second-order valence-corrected chi connectivity index (χ2v) is 9.98. The number of aryl methyl sites for hydroxylation is 2. The third-order valence-electron chi connectivity index (χ3n) is 5.70.